The van der Waals surface area contributed by atoms with Crippen molar-refractivity contribution in [3.05, 3.63) is 35.9 Å². The number of hydrogen-bond acceptors (Lipinski definition) is 4. The third kappa shape index (κ3) is 3.03. The fourth-order valence-corrected chi connectivity index (χ4v) is 3.19. The smallest absolute Gasteiger partial charge is 0.316 e. The van der Waals surface area contributed by atoms with Crippen molar-refractivity contribution in [1.29, 1.82) is 0 Å². The average Bonchev–Trinajstić information content (AvgIpc) is 3.05. The van der Waals surface area contributed by atoms with E-state index >= 15 is 0 Å². The van der Waals surface area contributed by atoms with Crippen LogP contribution in [0.25, 0.3) is 0 Å². The second kappa shape index (κ2) is 6.54. The summed E-state index contributed by atoms with van der Waals surface area (Å²) in [6, 6.07) is 10.8. The summed E-state index contributed by atoms with van der Waals surface area (Å²) in [7, 11) is 2.24. The van der Waals surface area contributed by atoms with Gasteiger partial charge in [-0.15, -0.1) is 0 Å². The molecule has 1 unspecified atom stereocenters. The molecule has 1 aliphatic rings. The minimum atomic E-state index is 0.570. The Kier molecular flexibility index (Phi) is 4.49. The molecular weight excluding hydrogens is 276 g/mol. The lowest BCUT2D eigenvalue weighted by Gasteiger charge is -2.39. The van der Waals surface area contributed by atoms with Crippen LogP contribution in [0.3, 0.4) is 0 Å². The van der Waals surface area contributed by atoms with Crippen molar-refractivity contribution in [3.63, 3.8) is 0 Å². The fraction of sp³-hybridized carbons (Fsp3) is 0.562. The molecule has 1 aromatic carbocycles. The zero-order chi connectivity index (χ0) is 15.4. The van der Waals surface area contributed by atoms with Gasteiger partial charge in [0.15, 0.2) is 0 Å². The number of rotatable bonds is 5. The van der Waals surface area contributed by atoms with Crippen LogP contribution in [0.15, 0.2) is 30.3 Å². The predicted octanol–water partition coefficient (Wildman–Crippen LogP) is 1.43. The number of piperidine rings is 1. The summed E-state index contributed by atoms with van der Waals surface area (Å²) in [5.74, 6) is 0.838. The molecule has 1 saturated heterocycles. The van der Waals surface area contributed by atoms with E-state index in [1.165, 1.54) is 5.56 Å². The van der Waals surface area contributed by atoms with Gasteiger partial charge in [0.25, 0.3) is 0 Å². The number of benzene rings is 1. The standard InChI is InChI=1S/C16H25N6/c1-3-22(2,15-9-11-17-12-10-15)16-18-20-21(19-16)13-14-7-5-4-6-8-14/h4-8,15,17H,3,9-13H2,1-2H3/q+1. The first-order chi connectivity index (χ1) is 10.7. The van der Waals surface area contributed by atoms with Gasteiger partial charge in [-0.2, -0.15) is 4.80 Å². The Morgan fingerprint density at radius 3 is 2.64 bits per heavy atom. The molecule has 0 aliphatic carbocycles. The molecule has 1 aliphatic heterocycles. The van der Waals surface area contributed by atoms with Crippen LogP contribution < -0.4 is 9.80 Å². The van der Waals surface area contributed by atoms with Gasteiger partial charge < -0.3 is 5.32 Å². The van der Waals surface area contributed by atoms with Crippen molar-refractivity contribution in [2.45, 2.75) is 32.4 Å². The summed E-state index contributed by atoms with van der Waals surface area (Å²) in [4.78, 5) is 1.71. The normalized spacial score (nSPS) is 19.0. The molecule has 1 fully saturated rings. The molecule has 6 nitrogen and oxygen atoms in total. The monoisotopic (exact) mass is 301 g/mol. The minimum absolute atomic E-state index is 0.570. The van der Waals surface area contributed by atoms with E-state index in [4.69, 9.17) is 0 Å². The van der Waals surface area contributed by atoms with Crippen molar-refractivity contribution in [2.24, 2.45) is 0 Å². The third-order valence-corrected chi connectivity index (χ3v) is 4.84. The van der Waals surface area contributed by atoms with Gasteiger partial charge in [-0.05, 0) is 17.7 Å². The molecule has 6 heteroatoms. The van der Waals surface area contributed by atoms with Crippen LogP contribution in [0, 0.1) is 0 Å². The maximum Gasteiger partial charge on any atom is 0.367 e. The number of aromatic nitrogens is 4. The molecule has 1 aromatic heterocycles. The van der Waals surface area contributed by atoms with E-state index in [1.807, 2.05) is 18.2 Å². The zero-order valence-corrected chi connectivity index (χ0v) is 13.4. The molecule has 3 rings (SSSR count). The Morgan fingerprint density at radius 1 is 1.23 bits per heavy atom. The maximum atomic E-state index is 4.67. The van der Waals surface area contributed by atoms with Gasteiger partial charge >= 0.3 is 5.95 Å². The van der Waals surface area contributed by atoms with Crippen LogP contribution >= 0.6 is 0 Å². The summed E-state index contributed by atoms with van der Waals surface area (Å²) in [6.07, 6.45) is 2.33. The first kappa shape index (κ1) is 15.1. The predicted molar refractivity (Wildman–Crippen MR) is 87.5 cm³/mol. The molecule has 22 heavy (non-hydrogen) atoms. The van der Waals surface area contributed by atoms with Crippen molar-refractivity contribution < 1.29 is 0 Å². The van der Waals surface area contributed by atoms with Gasteiger partial charge in [0.05, 0.1) is 26.2 Å². The van der Waals surface area contributed by atoms with Gasteiger partial charge in [0.2, 0.25) is 0 Å². The van der Waals surface area contributed by atoms with E-state index in [2.05, 4.69) is 46.8 Å². The van der Waals surface area contributed by atoms with Crippen molar-refractivity contribution in [1.82, 2.24) is 30.0 Å². The maximum absolute atomic E-state index is 4.67. The van der Waals surface area contributed by atoms with E-state index < -0.39 is 0 Å². The summed E-state index contributed by atoms with van der Waals surface area (Å²) < 4.78 is 0.774. The minimum Gasteiger partial charge on any atom is -0.316 e. The second-order valence-corrected chi connectivity index (χ2v) is 6.17. The zero-order valence-electron chi connectivity index (χ0n) is 13.4. The van der Waals surface area contributed by atoms with E-state index in [9.17, 15) is 0 Å². The molecule has 1 atom stereocenters. The van der Waals surface area contributed by atoms with Crippen molar-refractivity contribution in [3.8, 4) is 0 Å². The molecule has 1 N–H and O–H groups in total. The largest absolute Gasteiger partial charge is 0.367 e. The van der Waals surface area contributed by atoms with Crippen LogP contribution in [0.4, 0.5) is 5.95 Å². The third-order valence-electron chi connectivity index (χ3n) is 4.84. The molecule has 0 saturated carbocycles. The number of tetrazole rings is 1. The summed E-state index contributed by atoms with van der Waals surface area (Å²) in [5.41, 5.74) is 1.19. The molecule has 118 valence electrons. The number of nitrogens with zero attached hydrogens (tertiary/aromatic N) is 5. The highest BCUT2D eigenvalue weighted by atomic mass is 15.6. The molecule has 2 aromatic rings. The molecular formula is C16H25N6+. The Hall–Kier alpha value is -1.79. The summed E-state index contributed by atoms with van der Waals surface area (Å²) >= 11 is 0. The Balaban J connectivity index is 1.78. The van der Waals surface area contributed by atoms with Crippen LogP contribution in [0.1, 0.15) is 25.3 Å². The number of nitrogens with one attached hydrogen (secondary N) is 1. The highest BCUT2D eigenvalue weighted by Crippen LogP contribution is 2.24. The van der Waals surface area contributed by atoms with E-state index in [-0.39, 0.29) is 0 Å². The number of quaternary nitrogens is 1. The van der Waals surface area contributed by atoms with Gasteiger partial charge in [-0.25, -0.2) is 0 Å². The Bertz CT molecular complexity index is 590. The SMILES string of the molecule is CC[N+](C)(c1nnn(Cc2ccccc2)n1)C1CCNCC1. The lowest BCUT2D eigenvalue weighted by atomic mass is 10.0. The topological polar surface area (TPSA) is 55.6 Å². The molecule has 0 bridgehead atoms. The highest BCUT2D eigenvalue weighted by molar-refractivity contribution is 5.23. The molecule has 0 radical (unpaired) electrons. The Morgan fingerprint density at radius 2 is 1.95 bits per heavy atom. The van der Waals surface area contributed by atoms with Crippen LogP contribution in [0.2, 0.25) is 0 Å². The first-order valence-electron chi connectivity index (χ1n) is 8.10. The highest BCUT2D eigenvalue weighted by Gasteiger charge is 2.38. The molecule has 0 spiro atoms. The van der Waals surface area contributed by atoms with E-state index in [0.717, 1.165) is 42.9 Å². The van der Waals surface area contributed by atoms with Crippen LogP contribution in [-0.4, -0.2) is 52.9 Å². The molecule has 0 amide bonds. The van der Waals surface area contributed by atoms with Gasteiger partial charge in [0.1, 0.15) is 0 Å². The second-order valence-electron chi connectivity index (χ2n) is 6.17. The van der Waals surface area contributed by atoms with Gasteiger partial charge in [-0.1, -0.05) is 40.5 Å². The van der Waals surface area contributed by atoms with Gasteiger partial charge in [-0.3, -0.25) is 4.48 Å². The average molecular weight is 301 g/mol. The Labute approximate surface area is 131 Å². The summed E-state index contributed by atoms with van der Waals surface area (Å²) in [5, 5.41) is 16.7. The fourth-order valence-electron chi connectivity index (χ4n) is 3.19. The lowest BCUT2D eigenvalue weighted by Crippen LogP contribution is -2.57. The molecule has 2 heterocycles. The number of hydrogen-bond donors (Lipinski definition) is 1. The quantitative estimate of drug-likeness (QED) is 0.849. The lowest BCUT2D eigenvalue weighted by molar-refractivity contribution is 0.198. The van der Waals surface area contributed by atoms with Crippen molar-refractivity contribution >= 4 is 5.95 Å². The van der Waals surface area contributed by atoms with E-state index in [1.54, 1.807) is 4.80 Å². The van der Waals surface area contributed by atoms with Crippen molar-refractivity contribution in [2.75, 3.05) is 26.7 Å². The van der Waals surface area contributed by atoms with E-state index in [0.29, 0.717) is 12.6 Å². The van der Waals surface area contributed by atoms with Gasteiger partial charge in [0, 0.05) is 25.9 Å². The summed E-state index contributed by atoms with van der Waals surface area (Å²) in [6.45, 7) is 6.03. The first-order valence-corrected chi connectivity index (χ1v) is 8.10. The van der Waals surface area contributed by atoms with Crippen LogP contribution in [0.5, 0.6) is 0 Å². The van der Waals surface area contributed by atoms with Crippen LogP contribution in [-0.2, 0) is 6.54 Å².